The van der Waals surface area contributed by atoms with Crippen LogP contribution in [0.15, 0.2) is 243 Å². The Morgan fingerprint density at radius 3 is 0.788 bits per heavy atom. The number of benzene rings is 8. The van der Waals surface area contributed by atoms with E-state index in [1.165, 1.54) is 55.2 Å². The van der Waals surface area contributed by atoms with Crippen LogP contribution >= 0.6 is 0 Å². The number of rotatable bonds is 11. The molecule has 0 unspecified atom stereocenters. The Balaban J connectivity index is 0.000000222. The van der Waals surface area contributed by atoms with E-state index in [1.54, 1.807) is 5.19 Å². The smallest absolute Gasteiger partial charge is 0.0724 e. The van der Waals surface area contributed by atoms with Gasteiger partial charge in [-0.3, -0.25) is 0 Å². The van der Waals surface area contributed by atoms with E-state index in [9.17, 15) is 0 Å². The number of hydrogen-bond acceptors (Lipinski definition) is 0. The highest BCUT2D eigenvalue weighted by Gasteiger charge is 2.17. The summed E-state index contributed by atoms with van der Waals surface area (Å²) in [6, 6.07) is 90.8. The van der Waals surface area contributed by atoms with E-state index < -0.39 is 17.6 Å². The van der Waals surface area contributed by atoms with Crippen molar-refractivity contribution < 1.29 is 0 Å². The molecule has 344 valence electrons. The van der Waals surface area contributed by atoms with Gasteiger partial charge in [-0.05, 0) is 16.7 Å². The van der Waals surface area contributed by atoms with Crippen LogP contribution < -0.4 is 31.1 Å². The van der Waals surface area contributed by atoms with Crippen LogP contribution in [0.25, 0.3) is 0 Å². The molecular weight excluding hydrogens is 889 g/mol. The van der Waals surface area contributed by atoms with Crippen molar-refractivity contribution in [1.29, 1.82) is 0 Å². The minimum Gasteiger partial charge on any atom is -0.0724 e. The van der Waals surface area contributed by atoms with Crippen LogP contribution in [0.2, 0.25) is 50.9 Å². The van der Waals surface area contributed by atoms with Gasteiger partial charge < -0.3 is 0 Å². The molecule has 0 saturated heterocycles. The van der Waals surface area contributed by atoms with E-state index in [4.69, 9.17) is 0 Å². The summed E-state index contributed by atoms with van der Waals surface area (Å²) in [6.07, 6.45) is 0. The van der Waals surface area contributed by atoms with E-state index >= 15 is 0 Å². The minimum absolute atomic E-state index is 0.139. The topological polar surface area (TPSA) is 0 Å². The zero-order valence-electron chi connectivity index (χ0n) is 41.8. The van der Waals surface area contributed by atoms with E-state index in [-0.39, 0.29) is 27.1 Å². The summed E-state index contributed by atoms with van der Waals surface area (Å²) in [5.41, 5.74) is 3.49. The lowest BCUT2D eigenvalue weighted by Gasteiger charge is -2.16. The molecule has 8 aromatic rings. The maximum atomic E-state index is 2.34. The van der Waals surface area contributed by atoms with Gasteiger partial charge in [0.25, 0.3) is 0 Å². The first-order chi connectivity index (χ1) is 32.2. The first kappa shape index (κ1) is 55.4. The molecule has 0 saturated carbocycles. The second-order valence-electron chi connectivity index (χ2n) is 17.7. The van der Waals surface area contributed by atoms with Crippen LogP contribution in [0.1, 0.15) is 37.4 Å². The molecule has 0 heterocycles. The third-order valence-corrected chi connectivity index (χ3v) is 22.7. The average Bonchev–Trinajstić information content (AvgIpc) is 3.37. The molecule has 0 spiro atoms. The van der Waals surface area contributed by atoms with Crippen molar-refractivity contribution in [3.63, 3.8) is 0 Å². The summed E-state index contributed by atoms with van der Waals surface area (Å²) in [6.45, 7) is 18.6. The monoisotopic (exact) mass is 968 g/mol. The van der Waals surface area contributed by atoms with E-state index in [0.717, 1.165) is 10.2 Å². The zero-order chi connectivity index (χ0) is 47.6. The molecule has 0 aliphatic carbocycles. The predicted molar refractivity (Wildman–Crippen MR) is 319 cm³/mol. The summed E-state index contributed by atoms with van der Waals surface area (Å²) in [4.78, 5) is 0. The molecule has 0 fully saturated rings. The second-order valence-corrected chi connectivity index (χ2v) is 34.4. The van der Waals surface area contributed by atoms with Crippen molar-refractivity contribution in [2.75, 3.05) is 0 Å². The molecule has 0 bridgehead atoms. The SMILES string of the molecule is CC[SiH](CC)CC.C[SiH](C)C.C[SiH](C)c1ccccc1.[SiH3]C(c1ccccc1)c1ccccc1.c1ccc([SiH2]c2ccccc2)cc1.c1ccc([SiH](c2ccccc2)c2ccccc2)cc1. The van der Waals surface area contributed by atoms with Crippen molar-refractivity contribution in [2.24, 2.45) is 0 Å². The summed E-state index contributed by atoms with van der Waals surface area (Å²) in [5.74, 6) is 0. The molecule has 0 aliphatic rings. The second kappa shape index (κ2) is 34.4. The van der Waals surface area contributed by atoms with Gasteiger partial charge in [0, 0.05) is 27.8 Å². The standard InChI is InChI=1S/C18H16Si.C13H14Si.C12H12Si.C8H12Si.C6H16Si.C3H10Si/c1-4-10-16(11-5-1)19(17-12-6-2-7-13-17)18-14-8-3-9-15-18;14-13(11-7-3-1-4-8-11)12-9-5-2-6-10-12;1-3-7-11(8-4-1)13-12-9-5-2-6-10-12;1-9(2)8-6-4-3-5-7-8;1-4-7(5-2)6-3;1-4(2)3/h1-15,19H;1-10,13H,14H3;1-10H,13H2;3-7,9H,1-2H3;7H,4-6H2,1-3H3;4H,1-3H3. The zero-order valence-corrected chi connectivity index (χ0v) is 49.8. The van der Waals surface area contributed by atoms with Gasteiger partial charge in [-0.1, -0.05) is 345 Å². The Hall–Kier alpha value is -4.94. The Labute approximate surface area is 414 Å². The fourth-order valence-corrected chi connectivity index (χ4v) is 15.3. The molecular formula is C60H80Si6. The molecule has 8 rings (SSSR count). The van der Waals surface area contributed by atoms with Gasteiger partial charge >= 0.3 is 0 Å². The van der Waals surface area contributed by atoms with Crippen molar-refractivity contribution >= 4 is 86.1 Å². The van der Waals surface area contributed by atoms with Crippen LogP contribution in [-0.4, -0.2) is 54.9 Å². The Morgan fingerprint density at radius 2 is 0.576 bits per heavy atom. The Morgan fingerprint density at radius 1 is 0.348 bits per heavy atom. The molecule has 0 nitrogen and oxygen atoms in total. The maximum Gasteiger partial charge on any atom is 0.132 e. The van der Waals surface area contributed by atoms with Crippen LogP contribution in [-0.2, 0) is 0 Å². The lowest BCUT2D eigenvalue weighted by Crippen LogP contribution is -2.51. The van der Waals surface area contributed by atoms with Gasteiger partial charge in [-0.25, -0.2) is 0 Å². The Kier molecular flexibility index (Phi) is 28.9. The Bertz CT molecular complexity index is 2110. The third-order valence-electron chi connectivity index (χ3n) is 11.3. The quantitative estimate of drug-likeness (QED) is 0.0896. The van der Waals surface area contributed by atoms with E-state index in [0.29, 0.717) is 5.54 Å². The molecule has 66 heavy (non-hydrogen) atoms. The van der Waals surface area contributed by atoms with Gasteiger partial charge in [0.15, 0.2) is 0 Å². The van der Waals surface area contributed by atoms with Gasteiger partial charge in [0.1, 0.15) is 8.80 Å². The van der Waals surface area contributed by atoms with Crippen molar-refractivity contribution in [3.05, 3.63) is 254 Å². The number of hydrogen-bond donors (Lipinski definition) is 0. The first-order valence-corrected chi connectivity index (χ1v) is 37.6. The first-order valence-electron chi connectivity index (χ1n) is 24.5. The lowest BCUT2D eigenvalue weighted by atomic mass is 10.0. The van der Waals surface area contributed by atoms with Crippen LogP contribution in [0, 0.1) is 0 Å². The molecule has 0 aliphatic heterocycles. The van der Waals surface area contributed by atoms with Gasteiger partial charge in [0.05, 0.1) is 18.3 Å². The molecule has 0 amide bonds. The van der Waals surface area contributed by atoms with Gasteiger partial charge in [-0.15, -0.1) is 0 Å². The van der Waals surface area contributed by atoms with E-state index in [1.807, 2.05) is 0 Å². The fourth-order valence-electron chi connectivity index (χ4n) is 7.32. The van der Waals surface area contributed by atoms with Gasteiger partial charge in [-0.2, -0.15) is 0 Å². The average molecular weight is 970 g/mol. The molecule has 6 heteroatoms. The molecule has 0 radical (unpaired) electrons. The van der Waals surface area contributed by atoms with Crippen LogP contribution in [0.3, 0.4) is 0 Å². The molecule has 0 atom stereocenters. The predicted octanol–water partition coefficient (Wildman–Crippen LogP) is 9.64. The molecule has 8 aromatic carbocycles. The van der Waals surface area contributed by atoms with Crippen molar-refractivity contribution in [2.45, 2.75) is 77.2 Å². The van der Waals surface area contributed by atoms with Crippen LogP contribution in [0.4, 0.5) is 0 Å². The maximum absolute atomic E-state index is 2.34. The molecule has 0 N–H and O–H groups in total. The third kappa shape index (κ3) is 23.0. The highest BCUT2D eigenvalue weighted by Crippen LogP contribution is 2.20. The highest BCUT2D eigenvalue weighted by molar-refractivity contribution is 6.95. The fraction of sp³-hybridized carbons (Fsp3) is 0.200. The molecule has 0 aromatic heterocycles. The van der Waals surface area contributed by atoms with Crippen LogP contribution in [0.5, 0.6) is 0 Å². The summed E-state index contributed by atoms with van der Waals surface area (Å²) >= 11 is 0. The normalized spacial score (nSPS) is 10.3. The summed E-state index contributed by atoms with van der Waals surface area (Å²) in [7, 11) is -1.22. The largest absolute Gasteiger partial charge is 0.132 e. The van der Waals surface area contributed by atoms with Gasteiger partial charge in [0.2, 0.25) is 0 Å². The van der Waals surface area contributed by atoms with Crippen molar-refractivity contribution in [3.8, 4) is 0 Å². The highest BCUT2D eigenvalue weighted by atomic mass is 28.3. The lowest BCUT2D eigenvalue weighted by molar-refractivity contribution is 1.14. The minimum atomic E-state index is -1.31. The summed E-state index contributed by atoms with van der Waals surface area (Å²) < 4.78 is 0. The van der Waals surface area contributed by atoms with E-state index in [2.05, 4.69) is 296 Å². The summed E-state index contributed by atoms with van der Waals surface area (Å²) in [5, 5.41) is 8.99. The van der Waals surface area contributed by atoms with Crippen molar-refractivity contribution in [1.82, 2.24) is 0 Å².